The minimum Gasteiger partial charge on any atom is -0.460 e. The highest BCUT2D eigenvalue weighted by molar-refractivity contribution is 6.41. The lowest BCUT2D eigenvalue weighted by atomic mass is 10.2. The first kappa shape index (κ1) is 18.7. The molecule has 0 radical (unpaired) electrons. The van der Waals surface area contributed by atoms with E-state index in [2.05, 4.69) is 10.3 Å². The molecule has 1 aromatic heterocycles. The summed E-state index contributed by atoms with van der Waals surface area (Å²) >= 11 is 11.6. The lowest BCUT2D eigenvalue weighted by Crippen LogP contribution is -2.25. The van der Waals surface area contributed by atoms with E-state index in [-0.39, 0.29) is 31.3 Å². The molecule has 22 heavy (non-hydrogen) atoms. The molecular formula is C15H20Cl2N2O3. The number of ether oxygens (including phenoxy) is 1. The third-order valence-corrected chi connectivity index (χ3v) is 3.25. The summed E-state index contributed by atoms with van der Waals surface area (Å²) in [5, 5.41) is 3.48. The molecule has 0 aromatic carbocycles. The van der Waals surface area contributed by atoms with Crippen LogP contribution >= 0.6 is 23.2 Å². The number of rotatable bonds is 6. The standard InChI is InChI=1S/C15H20Cl2N2O3/c1-15(2,3)22-14(21)6-4-5-13(20)19-8-10-7-11(16)12(17)9-18-10/h7,9H,4-6,8H2,1-3H3,(H,19,20). The van der Waals surface area contributed by atoms with E-state index < -0.39 is 5.60 Å². The van der Waals surface area contributed by atoms with E-state index in [1.54, 1.807) is 6.07 Å². The number of amides is 1. The molecular weight excluding hydrogens is 327 g/mol. The number of hydrogen-bond donors (Lipinski definition) is 1. The van der Waals surface area contributed by atoms with Crippen molar-refractivity contribution in [1.82, 2.24) is 10.3 Å². The summed E-state index contributed by atoms with van der Waals surface area (Å²) in [6, 6.07) is 1.60. The van der Waals surface area contributed by atoms with Gasteiger partial charge in [0.2, 0.25) is 5.91 Å². The van der Waals surface area contributed by atoms with Crippen LogP contribution in [0.3, 0.4) is 0 Å². The fraction of sp³-hybridized carbons (Fsp3) is 0.533. The molecule has 1 N–H and O–H groups in total. The van der Waals surface area contributed by atoms with Crippen LogP contribution in [0.5, 0.6) is 0 Å². The third kappa shape index (κ3) is 7.61. The molecule has 122 valence electrons. The summed E-state index contributed by atoms with van der Waals surface area (Å²) in [7, 11) is 0. The predicted octanol–water partition coefficient (Wildman–Crippen LogP) is 3.52. The number of halogens is 2. The Morgan fingerprint density at radius 3 is 2.50 bits per heavy atom. The van der Waals surface area contributed by atoms with Gasteiger partial charge in [0.15, 0.2) is 0 Å². The number of hydrogen-bond acceptors (Lipinski definition) is 4. The highest BCUT2D eigenvalue weighted by Crippen LogP contribution is 2.20. The second-order valence-corrected chi connectivity index (χ2v) is 6.62. The van der Waals surface area contributed by atoms with Gasteiger partial charge in [-0.1, -0.05) is 23.2 Å². The number of pyridine rings is 1. The van der Waals surface area contributed by atoms with Gasteiger partial charge in [0.05, 0.1) is 22.3 Å². The molecule has 1 aromatic rings. The summed E-state index contributed by atoms with van der Waals surface area (Å²) in [5.74, 6) is -0.456. The molecule has 1 rings (SSSR count). The molecule has 7 heteroatoms. The number of nitrogens with zero attached hydrogens (tertiary/aromatic N) is 1. The van der Waals surface area contributed by atoms with Gasteiger partial charge in [-0.2, -0.15) is 0 Å². The first-order valence-corrected chi connectivity index (χ1v) is 7.71. The molecule has 0 fully saturated rings. The van der Waals surface area contributed by atoms with E-state index in [1.807, 2.05) is 20.8 Å². The molecule has 0 saturated heterocycles. The zero-order chi connectivity index (χ0) is 16.8. The normalized spacial score (nSPS) is 11.1. The molecule has 0 unspecified atom stereocenters. The Morgan fingerprint density at radius 1 is 1.23 bits per heavy atom. The zero-order valence-electron chi connectivity index (χ0n) is 12.9. The Kier molecular flexibility index (Phi) is 7.10. The number of carbonyl (C=O) groups excluding carboxylic acids is 2. The summed E-state index contributed by atoms with van der Waals surface area (Å²) in [6.07, 6.45) is 2.35. The van der Waals surface area contributed by atoms with Crippen molar-refractivity contribution in [3.8, 4) is 0 Å². The second-order valence-electron chi connectivity index (χ2n) is 5.81. The zero-order valence-corrected chi connectivity index (χ0v) is 14.4. The van der Waals surface area contributed by atoms with Crippen molar-refractivity contribution in [3.05, 3.63) is 28.0 Å². The van der Waals surface area contributed by atoms with Crippen LogP contribution in [0.2, 0.25) is 10.0 Å². The summed E-state index contributed by atoms with van der Waals surface area (Å²) < 4.78 is 5.17. The predicted molar refractivity (Wildman–Crippen MR) is 85.8 cm³/mol. The van der Waals surface area contributed by atoms with Crippen LogP contribution in [0.1, 0.15) is 45.7 Å². The monoisotopic (exact) mass is 346 g/mol. The fourth-order valence-electron chi connectivity index (χ4n) is 1.61. The van der Waals surface area contributed by atoms with E-state index in [4.69, 9.17) is 27.9 Å². The molecule has 1 amide bonds. The quantitative estimate of drug-likeness (QED) is 0.800. The van der Waals surface area contributed by atoms with Gasteiger partial charge in [0.1, 0.15) is 5.60 Å². The average Bonchev–Trinajstić information content (AvgIpc) is 2.38. The maximum Gasteiger partial charge on any atom is 0.306 e. The van der Waals surface area contributed by atoms with Gasteiger partial charge in [-0.3, -0.25) is 14.6 Å². The molecule has 0 aliphatic rings. The minimum atomic E-state index is -0.501. The van der Waals surface area contributed by atoms with Crippen molar-refractivity contribution in [2.24, 2.45) is 0 Å². The highest BCUT2D eigenvalue weighted by atomic mass is 35.5. The van der Waals surface area contributed by atoms with E-state index in [9.17, 15) is 9.59 Å². The molecule has 0 saturated carbocycles. The van der Waals surface area contributed by atoms with Gasteiger partial charge in [0.25, 0.3) is 0 Å². The molecule has 0 aliphatic heterocycles. The molecule has 5 nitrogen and oxygen atoms in total. The van der Waals surface area contributed by atoms with Crippen LogP contribution in [0.4, 0.5) is 0 Å². The summed E-state index contributed by atoms with van der Waals surface area (Å²) in [4.78, 5) is 27.2. The Balaban J connectivity index is 2.26. The Hall–Kier alpha value is -1.33. The second kappa shape index (κ2) is 8.34. The average molecular weight is 347 g/mol. The number of carbonyl (C=O) groups is 2. The van der Waals surface area contributed by atoms with Crippen LogP contribution < -0.4 is 5.32 Å². The first-order valence-electron chi connectivity index (χ1n) is 6.96. The number of aromatic nitrogens is 1. The van der Waals surface area contributed by atoms with Crippen LogP contribution in [0.25, 0.3) is 0 Å². The molecule has 0 aliphatic carbocycles. The lowest BCUT2D eigenvalue weighted by molar-refractivity contribution is -0.154. The van der Waals surface area contributed by atoms with Crippen molar-refractivity contribution in [2.75, 3.05) is 0 Å². The highest BCUT2D eigenvalue weighted by Gasteiger charge is 2.16. The van der Waals surface area contributed by atoms with Gasteiger partial charge in [-0.15, -0.1) is 0 Å². The first-order chi connectivity index (χ1) is 10.2. The maximum atomic E-state index is 11.7. The fourth-order valence-corrected chi connectivity index (χ4v) is 1.89. The van der Waals surface area contributed by atoms with Crippen molar-refractivity contribution in [2.45, 2.75) is 52.2 Å². The summed E-state index contributed by atoms with van der Waals surface area (Å²) in [6.45, 7) is 5.69. The van der Waals surface area contributed by atoms with Crippen molar-refractivity contribution >= 4 is 35.1 Å². The topological polar surface area (TPSA) is 68.3 Å². The smallest absolute Gasteiger partial charge is 0.306 e. The summed E-state index contributed by atoms with van der Waals surface area (Å²) in [5.41, 5.74) is 0.119. The van der Waals surface area contributed by atoms with Crippen LogP contribution in [-0.4, -0.2) is 22.5 Å². The SMILES string of the molecule is CC(C)(C)OC(=O)CCCC(=O)NCc1cc(Cl)c(Cl)cn1. The van der Waals surface area contributed by atoms with Gasteiger partial charge < -0.3 is 10.1 Å². The number of nitrogens with one attached hydrogen (secondary N) is 1. The van der Waals surface area contributed by atoms with Crippen molar-refractivity contribution in [1.29, 1.82) is 0 Å². The van der Waals surface area contributed by atoms with Crippen LogP contribution in [0, 0.1) is 0 Å². The Morgan fingerprint density at radius 2 is 1.91 bits per heavy atom. The lowest BCUT2D eigenvalue weighted by Gasteiger charge is -2.19. The van der Waals surface area contributed by atoms with Crippen molar-refractivity contribution in [3.63, 3.8) is 0 Å². The van der Waals surface area contributed by atoms with Gasteiger partial charge >= 0.3 is 5.97 Å². The maximum absolute atomic E-state index is 11.7. The van der Waals surface area contributed by atoms with Gasteiger partial charge in [0, 0.05) is 19.0 Å². The van der Waals surface area contributed by atoms with Gasteiger partial charge in [-0.05, 0) is 33.3 Å². The Bertz CT molecular complexity index is 542. The van der Waals surface area contributed by atoms with E-state index in [0.29, 0.717) is 22.2 Å². The van der Waals surface area contributed by atoms with Crippen LogP contribution in [-0.2, 0) is 20.9 Å². The third-order valence-electron chi connectivity index (χ3n) is 2.54. The number of esters is 1. The molecule has 0 bridgehead atoms. The molecule has 0 spiro atoms. The Labute approximate surface area is 140 Å². The largest absolute Gasteiger partial charge is 0.460 e. The van der Waals surface area contributed by atoms with E-state index >= 15 is 0 Å². The molecule has 1 heterocycles. The van der Waals surface area contributed by atoms with E-state index in [1.165, 1.54) is 6.20 Å². The molecule has 0 atom stereocenters. The van der Waals surface area contributed by atoms with E-state index in [0.717, 1.165) is 0 Å². The van der Waals surface area contributed by atoms with Crippen LogP contribution in [0.15, 0.2) is 12.3 Å². The van der Waals surface area contributed by atoms with Crippen molar-refractivity contribution < 1.29 is 14.3 Å². The minimum absolute atomic E-state index is 0.156. The van der Waals surface area contributed by atoms with Gasteiger partial charge in [-0.25, -0.2) is 0 Å².